The molecule has 0 bridgehead atoms. The number of para-hydroxylation sites is 1. The van der Waals surface area contributed by atoms with Crippen LogP contribution in [0.3, 0.4) is 0 Å². The molecule has 20 heavy (non-hydrogen) atoms. The second-order valence-corrected chi connectivity index (χ2v) is 5.48. The molecule has 0 saturated heterocycles. The second-order valence-electron chi connectivity index (χ2n) is 5.08. The van der Waals surface area contributed by atoms with E-state index in [0.29, 0.717) is 0 Å². The minimum Gasteiger partial charge on any atom is -0.496 e. The number of ether oxygens (including phenoxy) is 1. The minimum absolute atomic E-state index is 0.0199. The number of nitrogens with two attached hydrogens (primary N) is 1. The Labute approximate surface area is 125 Å². The molecule has 0 aliphatic heterocycles. The Morgan fingerprint density at radius 2 is 1.80 bits per heavy atom. The summed E-state index contributed by atoms with van der Waals surface area (Å²) in [5.41, 5.74) is 9.65. The summed E-state index contributed by atoms with van der Waals surface area (Å²) in [5, 5.41) is 0.792. The van der Waals surface area contributed by atoms with Gasteiger partial charge in [-0.25, -0.2) is 0 Å². The average Bonchev–Trinajstić information content (AvgIpc) is 2.42. The van der Waals surface area contributed by atoms with E-state index in [2.05, 4.69) is 18.2 Å². The molecule has 0 aliphatic carbocycles. The molecule has 3 heteroatoms. The minimum atomic E-state index is 0.0199. The lowest BCUT2D eigenvalue weighted by molar-refractivity contribution is 0.408. The van der Waals surface area contributed by atoms with E-state index in [1.807, 2.05) is 31.2 Å². The maximum atomic E-state index is 6.25. The van der Waals surface area contributed by atoms with E-state index >= 15 is 0 Å². The number of hydrogen-bond donors (Lipinski definition) is 1. The van der Waals surface area contributed by atoms with Crippen LogP contribution < -0.4 is 10.5 Å². The third-order valence-corrected chi connectivity index (χ3v) is 3.72. The van der Waals surface area contributed by atoms with Crippen molar-refractivity contribution in [2.24, 2.45) is 5.73 Å². The van der Waals surface area contributed by atoms with Gasteiger partial charge in [-0.05, 0) is 48.6 Å². The van der Waals surface area contributed by atoms with E-state index in [9.17, 15) is 0 Å². The van der Waals surface area contributed by atoms with Gasteiger partial charge in [0.2, 0.25) is 0 Å². The van der Waals surface area contributed by atoms with Gasteiger partial charge in [0.15, 0.2) is 0 Å². The van der Waals surface area contributed by atoms with Gasteiger partial charge in [0.25, 0.3) is 0 Å². The zero-order valence-corrected chi connectivity index (χ0v) is 12.7. The van der Waals surface area contributed by atoms with Crippen molar-refractivity contribution in [1.82, 2.24) is 0 Å². The van der Waals surface area contributed by atoms with Crippen LogP contribution in [0.15, 0.2) is 42.5 Å². The predicted octanol–water partition coefficient (Wildman–Crippen LogP) is 3.77. The van der Waals surface area contributed by atoms with Gasteiger partial charge in [-0.3, -0.25) is 0 Å². The van der Waals surface area contributed by atoms with Gasteiger partial charge >= 0.3 is 0 Å². The molecule has 0 saturated carbocycles. The Balaban J connectivity index is 2.07. The SMILES string of the molecule is COc1ccccc1CC(N)Cc1ccc(C)cc1Cl. The van der Waals surface area contributed by atoms with E-state index in [-0.39, 0.29) is 6.04 Å². The molecule has 0 heterocycles. The van der Waals surface area contributed by atoms with Gasteiger partial charge in [0, 0.05) is 11.1 Å². The number of methoxy groups -OCH3 is 1. The standard InChI is InChI=1S/C17H20ClNO/c1-12-7-8-13(16(18)9-12)10-15(19)11-14-5-3-4-6-17(14)20-2/h3-9,15H,10-11,19H2,1-2H3. The molecule has 0 spiro atoms. The van der Waals surface area contributed by atoms with Crippen LogP contribution in [0.5, 0.6) is 5.75 Å². The van der Waals surface area contributed by atoms with Crippen LogP contribution >= 0.6 is 11.6 Å². The summed E-state index contributed by atoms with van der Waals surface area (Å²) in [6.45, 7) is 2.03. The summed E-state index contributed by atoms with van der Waals surface area (Å²) in [4.78, 5) is 0. The number of hydrogen-bond acceptors (Lipinski definition) is 2. The first-order valence-corrected chi connectivity index (χ1v) is 7.10. The zero-order chi connectivity index (χ0) is 14.5. The molecule has 1 atom stereocenters. The molecule has 0 amide bonds. The van der Waals surface area contributed by atoms with Crippen molar-refractivity contribution in [3.05, 3.63) is 64.2 Å². The number of benzene rings is 2. The normalized spacial score (nSPS) is 12.2. The molecule has 2 N–H and O–H groups in total. The maximum absolute atomic E-state index is 6.25. The van der Waals surface area contributed by atoms with Gasteiger partial charge in [0.05, 0.1) is 7.11 Å². The summed E-state index contributed by atoms with van der Waals surface area (Å²) in [6.07, 6.45) is 1.53. The number of halogens is 1. The van der Waals surface area contributed by atoms with Crippen molar-refractivity contribution in [1.29, 1.82) is 0 Å². The molecular weight excluding hydrogens is 270 g/mol. The lowest BCUT2D eigenvalue weighted by atomic mass is 9.98. The lowest BCUT2D eigenvalue weighted by Gasteiger charge is -2.15. The van der Waals surface area contributed by atoms with Crippen LogP contribution in [0, 0.1) is 6.92 Å². The third kappa shape index (κ3) is 3.75. The monoisotopic (exact) mass is 289 g/mol. The fourth-order valence-electron chi connectivity index (χ4n) is 2.33. The van der Waals surface area contributed by atoms with Gasteiger partial charge < -0.3 is 10.5 Å². The summed E-state index contributed by atoms with van der Waals surface area (Å²) >= 11 is 6.25. The maximum Gasteiger partial charge on any atom is 0.122 e. The van der Waals surface area contributed by atoms with Gasteiger partial charge in [-0.15, -0.1) is 0 Å². The predicted molar refractivity (Wildman–Crippen MR) is 84.6 cm³/mol. The number of aryl methyl sites for hydroxylation is 1. The van der Waals surface area contributed by atoms with E-state index in [1.54, 1.807) is 7.11 Å². The topological polar surface area (TPSA) is 35.2 Å². The van der Waals surface area contributed by atoms with Gasteiger partial charge in [-0.2, -0.15) is 0 Å². The summed E-state index contributed by atoms with van der Waals surface area (Å²) in [5.74, 6) is 0.887. The largest absolute Gasteiger partial charge is 0.496 e. The lowest BCUT2D eigenvalue weighted by Crippen LogP contribution is -2.25. The van der Waals surface area contributed by atoms with Crippen LogP contribution in [-0.2, 0) is 12.8 Å². The van der Waals surface area contributed by atoms with Gasteiger partial charge in [0.1, 0.15) is 5.75 Å². The summed E-state index contributed by atoms with van der Waals surface area (Å²) in [6, 6.07) is 14.1. The molecule has 106 valence electrons. The highest BCUT2D eigenvalue weighted by atomic mass is 35.5. The van der Waals surface area contributed by atoms with Crippen LogP contribution in [-0.4, -0.2) is 13.2 Å². The highest BCUT2D eigenvalue weighted by molar-refractivity contribution is 6.31. The second kappa shape index (κ2) is 6.78. The highest BCUT2D eigenvalue weighted by Crippen LogP contribution is 2.22. The molecule has 0 aromatic heterocycles. The Bertz CT molecular complexity index is 583. The molecule has 2 aromatic rings. The van der Waals surface area contributed by atoms with Crippen molar-refractivity contribution in [2.75, 3.05) is 7.11 Å². The van der Waals surface area contributed by atoms with Gasteiger partial charge in [-0.1, -0.05) is 41.9 Å². The van der Waals surface area contributed by atoms with Crippen LogP contribution in [0.2, 0.25) is 5.02 Å². The zero-order valence-electron chi connectivity index (χ0n) is 11.9. The van der Waals surface area contributed by atoms with Crippen molar-refractivity contribution < 1.29 is 4.74 Å². The molecule has 0 aliphatic rings. The average molecular weight is 290 g/mol. The van der Waals surface area contributed by atoms with Crippen molar-refractivity contribution >= 4 is 11.6 Å². The fourth-order valence-corrected chi connectivity index (χ4v) is 2.64. The van der Waals surface area contributed by atoms with E-state index in [0.717, 1.165) is 40.3 Å². The van der Waals surface area contributed by atoms with E-state index in [1.165, 1.54) is 0 Å². The highest BCUT2D eigenvalue weighted by Gasteiger charge is 2.11. The summed E-state index contributed by atoms with van der Waals surface area (Å²) < 4.78 is 5.35. The van der Waals surface area contributed by atoms with Crippen LogP contribution in [0.1, 0.15) is 16.7 Å². The molecule has 1 unspecified atom stereocenters. The third-order valence-electron chi connectivity index (χ3n) is 3.37. The van der Waals surface area contributed by atoms with E-state index in [4.69, 9.17) is 22.1 Å². The quantitative estimate of drug-likeness (QED) is 0.909. The van der Waals surface area contributed by atoms with Crippen molar-refractivity contribution in [3.63, 3.8) is 0 Å². The van der Waals surface area contributed by atoms with Crippen molar-refractivity contribution in [2.45, 2.75) is 25.8 Å². The van der Waals surface area contributed by atoms with Crippen molar-refractivity contribution in [3.8, 4) is 5.75 Å². The number of rotatable bonds is 5. The molecule has 2 nitrogen and oxygen atoms in total. The smallest absolute Gasteiger partial charge is 0.122 e. The van der Waals surface area contributed by atoms with Crippen LogP contribution in [0.4, 0.5) is 0 Å². The Hall–Kier alpha value is -1.51. The molecule has 2 rings (SSSR count). The first kappa shape index (κ1) is 14.9. The van der Waals surface area contributed by atoms with Crippen LogP contribution in [0.25, 0.3) is 0 Å². The van der Waals surface area contributed by atoms with E-state index < -0.39 is 0 Å². The molecule has 0 fully saturated rings. The molecular formula is C17H20ClNO. The summed E-state index contributed by atoms with van der Waals surface area (Å²) in [7, 11) is 1.68. The first-order valence-electron chi connectivity index (χ1n) is 6.72. The first-order chi connectivity index (χ1) is 9.60. The Kier molecular flexibility index (Phi) is 5.05. The molecule has 0 radical (unpaired) electrons. The Morgan fingerprint density at radius 1 is 1.10 bits per heavy atom. The molecule has 2 aromatic carbocycles. The fraction of sp³-hybridized carbons (Fsp3) is 0.294. The Morgan fingerprint density at radius 3 is 2.50 bits per heavy atom.